The summed E-state index contributed by atoms with van der Waals surface area (Å²) in [7, 11) is 0. The van der Waals surface area contributed by atoms with Crippen LogP contribution in [-0.4, -0.2) is 17.7 Å². The zero-order chi connectivity index (χ0) is 10.7. The second kappa shape index (κ2) is 4.04. The fraction of sp³-hybridized carbons (Fsp3) is 0.182. The number of carbonyl (C=O) groups excluding carboxylic acids is 1. The predicted octanol–water partition coefficient (Wildman–Crippen LogP) is 2.70. The van der Waals surface area contributed by atoms with Crippen molar-refractivity contribution in [1.29, 1.82) is 0 Å². The number of fused-ring (bicyclic) bond motifs is 1. The van der Waals surface area contributed by atoms with Crippen LogP contribution in [0.4, 0.5) is 4.79 Å². The molecule has 0 saturated carbocycles. The molecule has 0 bridgehead atoms. The van der Waals surface area contributed by atoms with Gasteiger partial charge >= 0.3 is 6.16 Å². The molecule has 0 spiro atoms. The third-order valence-corrected chi connectivity index (χ3v) is 2.01. The molecule has 0 atom stereocenters. The molecular weight excluding hydrogens is 194 g/mol. The molecule has 0 aliphatic heterocycles. The van der Waals surface area contributed by atoms with Gasteiger partial charge in [0.2, 0.25) is 0 Å². The number of hydrogen-bond acceptors (Lipinski definition) is 3. The first-order valence-corrected chi connectivity index (χ1v) is 4.72. The van der Waals surface area contributed by atoms with Crippen LogP contribution >= 0.6 is 0 Å². The van der Waals surface area contributed by atoms with E-state index >= 15 is 0 Å². The topological polar surface area (TPSA) is 51.3 Å². The maximum atomic E-state index is 11.1. The lowest BCUT2D eigenvalue weighted by Crippen LogP contribution is -2.09. The second-order valence-electron chi connectivity index (χ2n) is 2.98. The summed E-state index contributed by atoms with van der Waals surface area (Å²) in [4.78, 5) is 14.1. The zero-order valence-corrected chi connectivity index (χ0v) is 8.32. The first-order chi connectivity index (χ1) is 7.31. The van der Waals surface area contributed by atoms with Crippen LogP contribution in [0.15, 0.2) is 30.5 Å². The lowest BCUT2D eigenvalue weighted by Gasteiger charge is -2.01. The van der Waals surface area contributed by atoms with Crippen LogP contribution in [0.5, 0.6) is 5.75 Å². The molecule has 0 unspecified atom stereocenters. The van der Waals surface area contributed by atoms with Gasteiger partial charge in [-0.05, 0) is 19.1 Å². The Hall–Kier alpha value is -1.97. The SMILES string of the molecule is CCOC(=O)Oc1c[nH]c2ccccc12. The summed E-state index contributed by atoms with van der Waals surface area (Å²) in [5, 5.41) is 0.866. The van der Waals surface area contributed by atoms with Crippen LogP contribution in [0.25, 0.3) is 10.9 Å². The van der Waals surface area contributed by atoms with Crippen molar-refractivity contribution in [3.63, 3.8) is 0 Å². The van der Waals surface area contributed by atoms with Crippen molar-refractivity contribution in [2.24, 2.45) is 0 Å². The van der Waals surface area contributed by atoms with E-state index in [4.69, 9.17) is 4.74 Å². The van der Waals surface area contributed by atoms with Crippen LogP contribution < -0.4 is 4.74 Å². The monoisotopic (exact) mass is 205 g/mol. The number of para-hydroxylation sites is 1. The molecule has 0 radical (unpaired) electrons. The van der Waals surface area contributed by atoms with Gasteiger partial charge in [0, 0.05) is 17.1 Å². The Balaban J connectivity index is 2.25. The minimum absolute atomic E-state index is 0.307. The van der Waals surface area contributed by atoms with Crippen molar-refractivity contribution in [1.82, 2.24) is 4.98 Å². The van der Waals surface area contributed by atoms with Crippen molar-refractivity contribution in [2.45, 2.75) is 6.92 Å². The molecule has 1 heterocycles. The normalized spacial score (nSPS) is 10.2. The maximum absolute atomic E-state index is 11.1. The van der Waals surface area contributed by atoms with E-state index in [9.17, 15) is 4.79 Å². The third kappa shape index (κ3) is 1.93. The summed E-state index contributed by atoms with van der Waals surface area (Å²) < 4.78 is 9.70. The number of aromatic nitrogens is 1. The highest BCUT2D eigenvalue weighted by atomic mass is 16.7. The highest BCUT2D eigenvalue weighted by Crippen LogP contribution is 2.24. The smallest absolute Gasteiger partial charge is 0.434 e. The van der Waals surface area contributed by atoms with Gasteiger partial charge in [-0.1, -0.05) is 12.1 Å². The Morgan fingerprint density at radius 3 is 3.00 bits per heavy atom. The van der Waals surface area contributed by atoms with Crippen LogP contribution in [0, 0.1) is 0 Å². The number of benzene rings is 1. The molecule has 2 aromatic rings. The van der Waals surface area contributed by atoms with Crippen molar-refractivity contribution >= 4 is 17.1 Å². The Morgan fingerprint density at radius 1 is 1.40 bits per heavy atom. The molecule has 0 fully saturated rings. The van der Waals surface area contributed by atoms with E-state index in [-0.39, 0.29) is 0 Å². The Kier molecular flexibility index (Phi) is 2.58. The molecule has 0 aliphatic rings. The zero-order valence-electron chi connectivity index (χ0n) is 8.32. The number of hydrogen-bond donors (Lipinski definition) is 1. The van der Waals surface area contributed by atoms with Crippen LogP contribution in [0.1, 0.15) is 6.92 Å². The predicted molar refractivity (Wildman–Crippen MR) is 55.9 cm³/mol. The van der Waals surface area contributed by atoms with Crippen molar-refractivity contribution < 1.29 is 14.3 Å². The Bertz CT molecular complexity index is 475. The van der Waals surface area contributed by atoms with Gasteiger partial charge in [-0.3, -0.25) is 0 Å². The Labute approximate surface area is 86.8 Å². The van der Waals surface area contributed by atoms with Crippen LogP contribution in [0.2, 0.25) is 0 Å². The van der Waals surface area contributed by atoms with Crippen molar-refractivity contribution in [3.05, 3.63) is 30.5 Å². The van der Waals surface area contributed by atoms with E-state index in [1.807, 2.05) is 24.3 Å². The van der Waals surface area contributed by atoms with E-state index in [1.54, 1.807) is 13.1 Å². The number of rotatable bonds is 2. The van der Waals surface area contributed by atoms with Gasteiger partial charge in [0.25, 0.3) is 0 Å². The third-order valence-electron chi connectivity index (χ3n) is 2.01. The molecule has 4 heteroatoms. The summed E-state index contributed by atoms with van der Waals surface area (Å²) in [6, 6.07) is 7.58. The summed E-state index contributed by atoms with van der Waals surface area (Å²) >= 11 is 0. The molecule has 0 saturated heterocycles. The van der Waals surface area contributed by atoms with Gasteiger partial charge in [-0.2, -0.15) is 0 Å². The number of nitrogens with one attached hydrogen (secondary N) is 1. The molecule has 0 aliphatic carbocycles. The summed E-state index contributed by atoms with van der Waals surface area (Å²) in [5.74, 6) is 0.490. The number of ether oxygens (including phenoxy) is 2. The first kappa shape index (κ1) is 9.58. The van der Waals surface area contributed by atoms with Gasteiger partial charge in [-0.25, -0.2) is 4.79 Å². The van der Waals surface area contributed by atoms with E-state index in [2.05, 4.69) is 9.72 Å². The van der Waals surface area contributed by atoms with Crippen molar-refractivity contribution in [3.8, 4) is 5.75 Å². The van der Waals surface area contributed by atoms with E-state index < -0.39 is 6.16 Å². The number of H-pyrrole nitrogens is 1. The van der Waals surface area contributed by atoms with Crippen molar-refractivity contribution in [2.75, 3.05) is 6.61 Å². The van der Waals surface area contributed by atoms with E-state index in [0.29, 0.717) is 12.4 Å². The van der Waals surface area contributed by atoms with Gasteiger partial charge in [0.15, 0.2) is 5.75 Å². The fourth-order valence-electron chi connectivity index (χ4n) is 1.37. The standard InChI is InChI=1S/C11H11NO3/c1-2-14-11(13)15-10-7-12-9-6-4-3-5-8(9)10/h3-7,12H,2H2,1H3. The maximum Gasteiger partial charge on any atom is 0.513 e. The van der Waals surface area contributed by atoms with Gasteiger partial charge in [0.1, 0.15) is 0 Å². The first-order valence-electron chi connectivity index (χ1n) is 4.72. The number of aromatic amines is 1. The van der Waals surface area contributed by atoms with Crippen LogP contribution in [-0.2, 0) is 4.74 Å². The van der Waals surface area contributed by atoms with Gasteiger partial charge in [0.05, 0.1) is 6.61 Å². The summed E-state index contributed by atoms with van der Waals surface area (Å²) in [6.07, 6.45) is 0.962. The summed E-state index contributed by atoms with van der Waals surface area (Å²) in [5.41, 5.74) is 0.928. The van der Waals surface area contributed by atoms with E-state index in [1.165, 1.54) is 0 Å². The average Bonchev–Trinajstić information content (AvgIpc) is 2.62. The van der Waals surface area contributed by atoms with Gasteiger partial charge in [-0.15, -0.1) is 0 Å². The molecule has 0 amide bonds. The molecular formula is C11H11NO3. The highest BCUT2D eigenvalue weighted by Gasteiger charge is 2.09. The average molecular weight is 205 g/mol. The number of carbonyl (C=O) groups is 1. The Morgan fingerprint density at radius 2 is 2.20 bits per heavy atom. The van der Waals surface area contributed by atoms with E-state index in [0.717, 1.165) is 10.9 Å². The molecule has 15 heavy (non-hydrogen) atoms. The van der Waals surface area contributed by atoms with Gasteiger partial charge < -0.3 is 14.5 Å². The molecule has 2 rings (SSSR count). The minimum Gasteiger partial charge on any atom is -0.434 e. The molecule has 1 N–H and O–H groups in total. The minimum atomic E-state index is -0.678. The molecule has 4 nitrogen and oxygen atoms in total. The quantitative estimate of drug-likeness (QED) is 0.767. The summed E-state index contributed by atoms with van der Waals surface area (Å²) in [6.45, 7) is 2.04. The lowest BCUT2D eigenvalue weighted by atomic mass is 10.2. The molecule has 1 aromatic carbocycles. The molecule has 1 aromatic heterocycles. The fourth-order valence-corrected chi connectivity index (χ4v) is 1.37. The highest BCUT2D eigenvalue weighted by molar-refractivity contribution is 5.87. The second-order valence-corrected chi connectivity index (χ2v) is 2.98. The largest absolute Gasteiger partial charge is 0.513 e. The lowest BCUT2D eigenvalue weighted by molar-refractivity contribution is 0.105. The van der Waals surface area contributed by atoms with Crippen LogP contribution in [0.3, 0.4) is 0 Å². The molecule has 78 valence electrons.